The molecule has 1 saturated heterocycles. The molecule has 0 aliphatic carbocycles. The van der Waals surface area contributed by atoms with E-state index in [1.165, 1.54) is 15.9 Å². The van der Waals surface area contributed by atoms with E-state index in [9.17, 15) is 18.9 Å². The summed E-state index contributed by atoms with van der Waals surface area (Å²) < 4.78 is 10.1. The van der Waals surface area contributed by atoms with Crippen LogP contribution in [0.3, 0.4) is 0 Å². The molecule has 3 aromatic rings. The number of halogens is 1. The van der Waals surface area contributed by atoms with Gasteiger partial charge in [-0.25, -0.2) is 0 Å². The molecule has 46 heavy (non-hydrogen) atoms. The van der Waals surface area contributed by atoms with Gasteiger partial charge in [0.05, 0.1) is 15.8 Å². The molecule has 2 aliphatic rings. The van der Waals surface area contributed by atoms with Crippen molar-refractivity contribution in [2.75, 3.05) is 32.2 Å². The Morgan fingerprint density at radius 3 is 2.09 bits per heavy atom. The highest BCUT2D eigenvalue weighted by Gasteiger charge is 2.41. The maximum atomic E-state index is 13.8. The van der Waals surface area contributed by atoms with Crippen LogP contribution in [0.4, 0.5) is 17.1 Å². The zero-order valence-corrected chi connectivity index (χ0v) is 29.1. The number of hydrogen-bond acceptors (Lipinski definition) is 7. The number of anilines is 3. The maximum Gasteiger partial charge on any atom is 0.270 e. The van der Waals surface area contributed by atoms with Crippen molar-refractivity contribution in [3.8, 4) is 0 Å². The summed E-state index contributed by atoms with van der Waals surface area (Å²) in [6.45, 7) is 5.46. The number of nitrogens with zero attached hydrogens (tertiary/aromatic N) is 3. The number of amides is 3. The Kier molecular flexibility index (Phi) is 10.8. The fraction of sp³-hybridized carbons (Fsp3) is 0.200. The van der Waals surface area contributed by atoms with E-state index in [0.29, 0.717) is 40.9 Å². The second-order valence-electron chi connectivity index (χ2n) is 11.1. The first-order chi connectivity index (χ1) is 22.2. The lowest BCUT2D eigenvalue weighted by atomic mass is 9.83. The summed E-state index contributed by atoms with van der Waals surface area (Å²) in [5.74, 6) is -0.990. The molecule has 3 amide bonds. The predicted molar refractivity (Wildman–Crippen MR) is 198 cm³/mol. The molecule has 0 aromatic heterocycles. The number of alkyl halides is 1. The van der Waals surface area contributed by atoms with Crippen LogP contribution in [0, 0.1) is 0 Å². The predicted octanol–water partition coefficient (Wildman–Crippen LogP) is 7.02. The number of hydrogen-bond donors (Lipinski definition) is 2. The van der Waals surface area contributed by atoms with Gasteiger partial charge in [-0.15, -0.1) is 0 Å². The van der Waals surface area contributed by atoms with E-state index in [4.69, 9.17) is 12.2 Å². The van der Waals surface area contributed by atoms with E-state index in [0.717, 1.165) is 28.3 Å². The van der Waals surface area contributed by atoms with E-state index in [1.54, 1.807) is 30.3 Å². The molecule has 0 unspecified atom stereocenters. The normalized spacial score (nSPS) is 16.9. The lowest BCUT2D eigenvalue weighted by Crippen LogP contribution is -2.57. The molecule has 0 saturated carbocycles. The maximum absolute atomic E-state index is 13.8. The third kappa shape index (κ3) is 6.82. The first-order valence-electron chi connectivity index (χ1n) is 14.7. The second kappa shape index (κ2) is 14.8. The molecule has 2 heterocycles. The van der Waals surface area contributed by atoms with Crippen molar-refractivity contribution in [3.63, 3.8) is 0 Å². The van der Waals surface area contributed by atoms with Crippen LogP contribution in [-0.2, 0) is 19.8 Å². The minimum Gasteiger partial charge on any atom is -0.355 e. The molecule has 236 valence electrons. The Balaban J connectivity index is 1.48. The van der Waals surface area contributed by atoms with Crippen LogP contribution in [-0.4, -0.2) is 44.9 Å². The molecule has 0 spiro atoms. The Bertz CT molecular complexity index is 1680. The minimum atomic E-state index is -0.497. The number of fused-ring (bicyclic) bond motifs is 1. The van der Waals surface area contributed by atoms with Gasteiger partial charge >= 0.3 is 0 Å². The quantitative estimate of drug-likeness (QED) is 0.0436. The van der Waals surface area contributed by atoms with Gasteiger partial charge in [0.2, 0.25) is 5.91 Å². The second-order valence-corrected chi connectivity index (χ2v) is 12.9. The number of carbonyl (C=O) groups excluding carboxylic acids is 3. The molecular formula is C35H33IN4O4S2. The number of rotatable bonds is 10. The Hall–Kier alpha value is -3.78. The SMILES string of the molecule is CC1(C)/C(=C\C=C\C=C2C(=O)N(c3ccccc3)C(=S)N(c3ccccc3)C2=O)N(CCCNC(=O)CI)c2ccc(SO)cc21. The lowest BCUT2D eigenvalue weighted by molar-refractivity contribution is -0.121. The van der Waals surface area contributed by atoms with Crippen LogP contribution in [0.2, 0.25) is 0 Å². The highest BCUT2D eigenvalue weighted by Crippen LogP contribution is 2.48. The van der Waals surface area contributed by atoms with Crippen molar-refractivity contribution in [3.05, 3.63) is 120 Å². The van der Waals surface area contributed by atoms with Gasteiger partial charge in [0.1, 0.15) is 5.57 Å². The smallest absolute Gasteiger partial charge is 0.270 e. The van der Waals surface area contributed by atoms with Gasteiger partial charge in [0.25, 0.3) is 11.8 Å². The van der Waals surface area contributed by atoms with E-state index >= 15 is 0 Å². The van der Waals surface area contributed by atoms with Crippen LogP contribution in [0.5, 0.6) is 0 Å². The number of benzene rings is 3. The number of thiocarbonyl (C=S) groups is 1. The van der Waals surface area contributed by atoms with Gasteiger partial charge in [-0.05, 0) is 78.8 Å². The summed E-state index contributed by atoms with van der Waals surface area (Å²) in [4.78, 5) is 45.0. The van der Waals surface area contributed by atoms with Crippen molar-refractivity contribution in [2.24, 2.45) is 0 Å². The fourth-order valence-electron chi connectivity index (χ4n) is 5.62. The molecule has 2 aliphatic heterocycles. The van der Waals surface area contributed by atoms with Crippen molar-refractivity contribution in [1.29, 1.82) is 0 Å². The van der Waals surface area contributed by atoms with Crippen LogP contribution in [0.15, 0.2) is 119 Å². The molecule has 5 rings (SSSR count). The van der Waals surface area contributed by atoms with Crippen LogP contribution >= 0.6 is 46.9 Å². The van der Waals surface area contributed by atoms with Crippen LogP contribution in [0.25, 0.3) is 0 Å². The Morgan fingerprint density at radius 1 is 0.935 bits per heavy atom. The highest BCUT2D eigenvalue weighted by atomic mass is 127. The topological polar surface area (TPSA) is 93.2 Å². The third-order valence-corrected chi connectivity index (χ3v) is 9.40. The summed E-state index contributed by atoms with van der Waals surface area (Å²) >= 11 is 8.45. The first-order valence-corrected chi connectivity index (χ1v) is 17.4. The number of para-hydroxylation sites is 2. The summed E-state index contributed by atoms with van der Waals surface area (Å²) in [5.41, 5.74) is 3.83. The molecule has 0 bridgehead atoms. The molecular weight excluding hydrogens is 731 g/mol. The van der Waals surface area contributed by atoms with Crippen LogP contribution < -0.4 is 20.0 Å². The number of nitrogens with one attached hydrogen (secondary N) is 1. The van der Waals surface area contributed by atoms with Gasteiger partial charge in [-0.1, -0.05) is 85.0 Å². The largest absolute Gasteiger partial charge is 0.355 e. The van der Waals surface area contributed by atoms with Gasteiger partial charge < -0.3 is 14.8 Å². The zero-order valence-electron chi connectivity index (χ0n) is 25.4. The van der Waals surface area contributed by atoms with Crippen molar-refractivity contribution < 1.29 is 18.9 Å². The Morgan fingerprint density at radius 2 is 1.52 bits per heavy atom. The summed E-state index contributed by atoms with van der Waals surface area (Å²) in [6, 6.07) is 24.0. The van der Waals surface area contributed by atoms with E-state index in [2.05, 4.69) is 24.1 Å². The van der Waals surface area contributed by atoms with Gasteiger partial charge in [0.15, 0.2) is 5.11 Å². The molecule has 1 fully saturated rings. The molecule has 11 heteroatoms. The van der Waals surface area contributed by atoms with Gasteiger partial charge in [-0.2, -0.15) is 0 Å². The molecule has 0 radical (unpaired) electrons. The summed E-state index contributed by atoms with van der Waals surface area (Å²) in [5, 5.41) is 3.02. The Labute approximate surface area is 292 Å². The van der Waals surface area contributed by atoms with E-state index in [-0.39, 0.29) is 16.6 Å². The summed E-state index contributed by atoms with van der Waals surface area (Å²) in [7, 11) is 0. The van der Waals surface area contributed by atoms with Crippen molar-refractivity contribution in [1.82, 2.24) is 5.32 Å². The molecule has 0 atom stereocenters. The van der Waals surface area contributed by atoms with Gasteiger partial charge in [-0.3, -0.25) is 24.2 Å². The monoisotopic (exact) mass is 764 g/mol. The van der Waals surface area contributed by atoms with E-state index < -0.39 is 17.2 Å². The highest BCUT2D eigenvalue weighted by molar-refractivity contribution is 14.1. The van der Waals surface area contributed by atoms with Crippen molar-refractivity contribution >= 4 is 86.7 Å². The van der Waals surface area contributed by atoms with Crippen molar-refractivity contribution in [2.45, 2.75) is 30.6 Å². The zero-order chi connectivity index (χ0) is 32.8. The fourth-order valence-corrected chi connectivity index (χ4v) is 6.57. The summed E-state index contributed by atoms with van der Waals surface area (Å²) in [6.07, 6.45) is 7.78. The standard InChI is InChI=1S/C35H33IN4O4S2/c1-35(2)28-22-26(46-44)18-19-29(28)38(21-11-20-37-31(41)23-36)30(35)17-10-9-16-27-32(42)39(24-12-5-3-6-13-24)34(45)40(33(27)43)25-14-7-4-8-15-25/h3-10,12-19,22,44H,11,20-21,23H2,1-2H3,(H,37,41)/b10-9+,30-17+. The third-order valence-electron chi connectivity index (χ3n) is 7.88. The van der Waals surface area contributed by atoms with Crippen LogP contribution in [0.1, 0.15) is 25.8 Å². The average molecular weight is 765 g/mol. The molecule has 8 nitrogen and oxygen atoms in total. The number of carbonyl (C=O) groups is 3. The van der Waals surface area contributed by atoms with E-state index in [1.807, 2.05) is 89.3 Å². The minimum absolute atomic E-state index is 0.00308. The van der Waals surface area contributed by atoms with Gasteiger partial charge in [0, 0.05) is 46.8 Å². The first kappa shape index (κ1) is 33.6. The molecule has 3 aromatic carbocycles. The number of allylic oxidation sites excluding steroid dienone is 5. The average Bonchev–Trinajstić information content (AvgIpc) is 3.27. The molecule has 2 N–H and O–H groups in total. The lowest BCUT2D eigenvalue weighted by Gasteiger charge is -2.36.